The smallest absolute Gasteiger partial charge is 0.274 e. The van der Waals surface area contributed by atoms with Gasteiger partial charge in [0.05, 0.1) is 24.1 Å². The Labute approximate surface area is 174 Å². The molecule has 7 heteroatoms. The third-order valence-electron chi connectivity index (χ3n) is 4.99. The van der Waals surface area contributed by atoms with E-state index < -0.39 is 16.6 Å². The summed E-state index contributed by atoms with van der Waals surface area (Å²) in [6, 6.07) is 20.0. The number of hydrogen-bond donors (Lipinski definition) is 2. The maximum absolute atomic E-state index is 11.7. The lowest BCUT2D eigenvalue weighted by Crippen LogP contribution is -2.38. The van der Waals surface area contributed by atoms with Gasteiger partial charge in [-0.05, 0) is 18.1 Å². The van der Waals surface area contributed by atoms with Gasteiger partial charge in [-0.2, -0.15) is 0 Å². The van der Waals surface area contributed by atoms with Gasteiger partial charge in [-0.15, -0.1) is 0 Å². The van der Waals surface area contributed by atoms with Crippen molar-refractivity contribution < 1.29 is 19.9 Å². The molecule has 3 aromatic carbocycles. The lowest BCUT2D eigenvalue weighted by atomic mass is 9.81. The van der Waals surface area contributed by atoms with Crippen molar-refractivity contribution in [2.24, 2.45) is 4.99 Å². The van der Waals surface area contributed by atoms with Gasteiger partial charge in [-0.1, -0.05) is 60.7 Å². The molecule has 0 fully saturated rings. The Hall–Kier alpha value is -3.71. The number of aliphatic hydroxyl groups is 1. The van der Waals surface area contributed by atoms with Crippen molar-refractivity contribution >= 4 is 11.9 Å². The summed E-state index contributed by atoms with van der Waals surface area (Å²) in [4.78, 5) is 15.1. The normalized spacial score (nSPS) is 12.6. The SMILES string of the molecule is COc1cc([N+](=O)[O-])cc(C=N[C@H](C)C(O)(c2ccccc2)c2ccccc2)c1O. The van der Waals surface area contributed by atoms with E-state index in [1.54, 1.807) is 6.92 Å². The molecule has 30 heavy (non-hydrogen) atoms. The molecule has 2 N–H and O–H groups in total. The van der Waals surface area contributed by atoms with Crippen molar-refractivity contribution in [2.45, 2.75) is 18.6 Å². The van der Waals surface area contributed by atoms with Gasteiger partial charge in [0.15, 0.2) is 11.5 Å². The van der Waals surface area contributed by atoms with Gasteiger partial charge in [0.1, 0.15) is 5.60 Å². The quantitative estimate of drug-likeness (QED) is 0.350. The fourth-order valence-electron chi connectivity index (χ4n) is 3.31. The van der Waals surface area contributed by atoms with Gasteiger partial charge >= 0.3 is 0 Å². The minimum absolute atomic E-state index is 0.0281. The van der Waals surface area contributed by atoms with E-state index in [9.17, 15) is 20.3 Å². The van der Waals surface area contributed by atoms with Gasteiger partial charge in [-0.3, -0.25) is 15.1 Å². The Bertz CT molecular complexity index is 1010. The monoisotopic (exact) mass is 406 g/mol. The molecule has 1 atom stereocenters. The molecule has 0 aliphatic heterocycles. The summed E-state index contributed by atoms with van der Waals surface area (Å²) in [6.07, 6.45) is 1.31. The molecular weight excluding hydrogens is 384 g/mol. The van der Waals surface area contributed by atoms with Crippen molar-refractivity contribution in [3.05, 3.63) is 99.6 Å². The Morgan fingerprint density at radius 1 is 1.07 bits per heavy atom. The van der Waals surface area contributed by atoms with E-state index in [1.807, 2.05) is 60.7 Å². The molecule has 0 heterocycles. The molecule has 0 radical (unpaired) electrons. The number of non-ortho nitro benzene ring substituents is 1. The van der Waals surface area contributed by atoms with Crippen LogP contribution in [0.5, 0.6) is 11.5 Å². The number of rotatable bonds is 7. The number of hydrogen-bond acceptors (Lipinski definition) is 6. The summed E-state index contributed by atoms with van der Waals surface area (Å²) < 4.78 is 5.02. The summed E-state index contributed by atoms with van der Waals surface area (Å²) in [5, 5.41) is 33.2. The zero-order chi connectivity index (χ0) is 21.7. The fraction of sp³-hybridized carbons (Fsp3) is 0.174. The molecule has 3 rings (SSSR count). The zero-order valence-corrected chi connectivity index (χ0v) is 16.6. The third-order valence-corrected chi connectivity index (χ3v) is 4.99. The number of nitro groups is 1. The van der Waals surface area contributed by atoms with Crippen molar-refractivity contribution in [2.75, 3.05) is 7.11 Å². The van der Waals surface area contributed by atoms with Crippen molar-refractivity contribution in [3.63, 3.8) is 0 Å². The Morgan fingerprint density at radius 3 is 2.07 bits per heavy atom. The molecule has 7 nitrogen and oxygen atoms in total. The molecule has 0 aromatic heterocycles. The number of nitrogens with zero attached hydrogens (tertiary/aromatic N) is 2. The topological polar surface area (TPSA) is 105 Å². The van der Waals surface area contributed by atoms with E-state index in [1.165, 1.54) is 19.4 Å². The van der Waals surface area contributed by atoms with Crippen LogP contribution in [0.3, 0.4) is 0 Å². The number of phenolic OH excluding ortho intramolecular Hbond substituents is 1. The Morgan fingerprint density at radius 2 is 1.60 bits per heavy atom. The summed E-state index contributed by atoms with van der Waals surface area (Å²) in [5.41, 5.74) is -0.251. The van der Waals surface area contributed by atoms with Crippen LogP contribution in [0.25, 0.3) is 0 Å². The van der Waals surface area contributed by atoms with E-state index in [4.69, 9.17) is 4.74 Å². The lowest BCUT2D eigenvalue weighted by Gasteiger charge is -2.33. The van der Waals surface area contributed by atoms with Gasteiger partial charge in [0, 0.05) is 17.8 Å². The minimum Gasteiger partial charge on any atom is -0.504 e. The van der Waals surface area contributed by atoms with Crippen molar-refractivity contribution in [1.82, 2.24) is 0 Å². The van der Waals surface area contributed by atoms with Crippen molar-refractivity contribution in [3.8, 4) is 11.5 Å². The molecule has 0 bridgehead atoms. The van der Waals surface area contributed by atoms with Crippen LogP contribution >= 0.6 is 0 Å². The van der Waals surface area contributed by atoms with Crippen LogP contribution in [0, 0.1) is 10.1 Å². The van der Waals surface area contributed by atoms with E-state index in [-0.39, 0.29) is 22.7 Å². The second kappa shape index (κ2) is 8.75. The maximum Gasteiger partial charge on any atom is 0.274 e. The maximum atomic E-state index is 11.7. The molecule has 0 amide bonds. The highest BCUT2D eigenvalue weighted by molar-refractivity contribution is 5.86. The number of aromatic hydroxyl groups is 1. The molecule has 0 saturated heterocycles. The van der Waals surface area contributed by atoms with Gasteiger partial charge in [0.2, 0.25) is 0 Å². The highest BCUT2D eigenvalue weighted by Crippen LogP contribution is 2.36. The number of nitro benzene ring substituents is 1. The molecule has 0 unspecified atom stereocenters. The average Bonchev–Trinajstić information content (AvgIpc) is 2.78. The fourth-order valence-corrected chi connectivity index (χ4v) is 3.31. The van der Waals surface area contributed by atoms with Crippen LogP contribution in [0.15, 0.2) is 77.8 Å². The predicted molar refractivity (Wildman–Crippen MR) is 114 cm³/mol. The summed E-state index contributed by atoms with van der Waals surface area (Å²) in [5.74, 6) is -0.290. The van der Waals surface area contributed by atoms with Crippen LogP contribution in [0.2, 0.25) is 0 Å². The largest absolute Gasteiger partial charge is 0.504 e. The minimum atomic E-state index is -1.45. The first-order valence-electron chi connectivity index (χ1n) is 9.30. The number of phenols is 1. The molecule has 0 spiro atoms. The summed E-state index contributed by atoms with van der Waals surface area (Å²) >= 11 is 0. The van der Waals surface area contributed by atoms with Crippen LogP contribution in [0.1, 0.15) is 23.6 Å². The van der Waals surface area contributed by atoms with Gasteiger partial charge in [-0.25, -0.2) is 0 Å². The van der Waals surface area contributed by atoms with Crippen LogP contribution in [-0.4, -0.2) is 34.5 Å². The van der Waals surface area contributed by atoms with Crippen LogP contribution in [0.4, 0.5) is 5.69 Å². The molecule has 0 aliphatic carbocycles. The van der Waals surface area contributed by atoms with Gasteiger partial charge in [0.25, 0.3) is 5.69 Å². The van der Waals surface area contributed by atoms with Crippen molar-refractivity contribution in [1.29, 1.82) is 0 Å². The summed E-state index contributed by atoms with van der Waals surface area (Å²) in [6.45, 7) is 1.74. The standard InChI is InChI=1S/C23H22N2O5/c1-16(24-15-17-13-20(25(28)29)14-21(30-2)22(17)26)23(27,18-9-5-3-6-10-18)19-11-7-4-8-12-19/h3-16,26-27H,1-2H3/t16-/m1/s1. The van der Waals surface area contributed by atoms with Crippen LogP contribution in [-0.2, 0) is 5.60 Å². The highest BCUT2D eigenvalue weighted by atomic mass is 16.6. The van der Waals surface area contributed by atoms with E-state index in [0.29, 0.717) is 11.1 Å². The number of aliphatic imine (C=N–C) groups is 1. The second-order valence-corrected chi connectivity index (χ2v) is 6.80. The Kier molecular flexibility index (Phi) is 6.13. The Balaban J connectivity index is 2.06. The molecular formula is C23H22N2O5. The lowest BCUT2D eigenvalue weighted by molar-refractivity contribution is -0.385. The first-order chi connectivity index (χ1) is 14.4. The average molecular weight is 406 g/mol. The first-order valence-corrected chi connectivity index (χ1v) is 9.30. The molecule has 0 saturated carbocycles. The first kappa shape index (κ1) is 21.0. The predicted octanol–water partition coefficient (Wildman–Crippen LogP) is 4.05. The summed E-state index contributed by atoms with van der Waals surface area (Å²) in [7, 11) is 1.31. The number of ether oxygens (including phenoxy) is 1. The van der Waals surface area contributed by atoms with E-state index >= 15 is 0 Å². The molecule has 3 aromatic rings. The number of methoxy groups -OCH3 is 1. The molecule has 0 aliphatic rings. The van der Waals surface area contributed by atoms with Gasteiger partial charge < -0.3 is 14.9 Å². The van der Waals surface area contributed by atoms with Crippen LogP contribution < -0.4 is 4.74 Å². The number of benzene rings is 3. The zero-order valence-electron chi connectivity index (χ0n) is 16.6. The van der Waals surface area contributed by atoms with E-state index in [0.717, 1.165) is 6.07 Å². The molecule has 154 valence electrons. The third kappa shape index (κ3) is 4.01. The van der Waals surface area contributed by atoms with E-state index in [2.05, 4.69) is 4.99 Å². The second-order valence-electron chi connectivity index (χ2n) is 6.80. The highest BCUT2D eigenvalue weighted by Gasteiger charge is 2.37.